The Balaban J connectivity index is 2.08. The number of nitrogens with zero attached hydrogens (tertiary/aromatic N) is 1. The summed E-state index contributed by atoms with van der Waals surface area (Å²) in [5, 5.41) is 8.89. The van der Waals surface area contributed by atoms with Gasteiger partial charge in [0.05, 0.1) is 5.56 Å². The first kappa shape index (κ1) is 12.7. The first-order valence-corrected chi connectivity index (χ1v) is 6.12. The maximum atomic E-state index is 11.6. The number of fused-ring (bicyclic) bond motifs is 1. The Hall–Kier alpha value is -2.35. The van der Waals surface area contributed by atoms with Crippen molar-refractivity contribution < 1.29 is 33.2 Å². The predicted octanol–water partition coefficient (Wildman–Crippen LogP) is -0.909. The van der Waals surface area contributed by atoms with E-state index in [1.54, 1.807) is 7.05 Å². The van der Waals surface area contributed by atoms with Crippen LogP contribution in [0.2, 0.25) is 0 Å². The summed E-state index contributed by atoms with van der Waals surface area (Å²) in [5.74, 6) is -1.91. The highest BCUT2D eigenvalue weighted by Crippen LogP contribution is 2.33. The third-order valence-corrected chi connectivity index (χ3v) is 3.96. The van der Waals surface area contributed by atoms with Gasteiger partial charge in [0.15, 0.2) is 0 Å². The Kier molecular flexibility index (Phi) is 2.43. The van der Waals surface area contributed by atoms with Crippen molar-refractivity contribution in [2.45, 2.75) is 0 Å². The summed E-state index contributed by atoms with van der Waals surface area (Å²) in [6.45, 7) is -2.16. The molecule has 0 spiro atoms. The van der Waals surface area contributed by atoms with Crippen LogP contribution < -0.4 is 5.46 Å². The number of hydrogen-bond acceptors (Lipinski definition) is 5. The molecule has 20 heavy (non-hydrogen) atoms. The first-order chi connectivity index (χ1) is 9.36. The normalized spacial score (nSPS) is 31.6. The summed E-state index contributed by atoms with van der Waals surface area (Å²) >= 11 is 0. The van der Waals surface area contributed by atoms with Gasteiger partial charge in [-0.25, -0.2) is 4.79 Å². The lowest BCUT2D eigenvalue weighted by molar-refractivity contribution is -0.791. The predicted molar refractivity (Wildman–Crippen MR) is 66.9 cm³/mol. The zero-order valence-corrected chi connectivity index (χ0v) is 10.7. The molecule has 2 heterocycles. The van der Waals surface area contributed by atoms with E-state index in [1.807, 2.05) is 0 Å². The fourth-order valence-electron chi connectivity index (χ4n) is 2.96. The van der Waals surface area contributed by atoms with E-state index in [0.717, 1.165) is 0 Å². The molecule has 2 aliphatic heterocycles. The molecule has 7 nitrogen and oxygen atoms in total. The second-order valence-corrected chi connectivity index (χ2v) is 5.37. The lowest BCUT2D eigenvalue weighted by Crippen LogP contribution is -2.67. The van der Waals surface area contributed by atoms with Crippen LogP contribution in [0.4, 0.5) is 0 Å². The Morgan fingerprint density at radius 3 is 2.10 bits per heavy atom. The van der Waals surface area contributed by atoms with Crippen LogP contribution in [0.15, 0.2) is 24.3 Å². The van der Waals surface area contributed by atoms with Gasteiger partial charge >= 0.3 is 24.6 Å². The quantitative estimate of drug-likeness (QED) is 0.704. The van der Waals surface area contributed by atoms with Crippen LogP contribution in [-0.2, 0) is 18.9 Å². The minimum Gasteiger partial charge on any atom is -0.596 e. The lowest BCUT2D eigenvalue weighted by atomic mass is 9.61. The van der Waals surface area contributed by atoms with E-state index in [2.05, 4.69) is 0 Å². The number of carboxylic acids is 1. The fraction of sp³-hybridized carbons (Fsp3) is 0.250. The van der Waals surface area contributed by atoms with Gasteiger partial charge in [0.2, 0.25) is 0 Å². The van der Waals surface area contributed by atoms with Crippen LogP contribution in [0.25, 0.3) is 0 Å². The Labute approximate surface area is 114 Å². The van der Waals surface area contributed by atoms with E-state index in [0.29, 0.717) is 5.46 Å². The molecule has 2 aliphatic rings. The third-order valence-electron chi connectivity index (χ3n) is 3.96. The number of likely N-dealkylation sites (N-methyl/N-ethyl adjacent to an activating group) is 1. The van der Waals surface area contributed by atoms with Gasteiger partial charge in [0, 0.05) is 7.05 Å². The Morgan fingerprint density at radius 1 is 1.15 bits per heavy atom. The zero-order chi connectivity index (χ0) is 14.5. The van der Waals surface area contributed by atoms with Crippen LogP contribution in [0.5, 0.6) is 0 Å². The second kappa shape index (κ2) is 3.83. The summed E-state index contributed by atoms with van der Waals surface area (Å²) in [7, 11) is 1.72. The van der Waals surface area contributed by atoms with Crippen molar-refractivity contribution in [1.82, 2.24) is 0 Å². The molecule has 1 aromatic rings. The van der Waals surface area contributed by atoms with Crippen LogP contribution in [0.1, 0.15) is 10.4 Å². The monoisotopic (exact) mass is 277 g/mol. The summed E-state index contributed by atoms with van der Waals surface area (Å²) in [4.78, 5) is 34.1. The van der Waals surface area contributed by atoms with Crippen LogP contribution in [-0.4, -0.2) is 54.2 Å². The van der Waals surface area contributed by atoms with Crippen molar-refractivity contribution >= 4 is 30.1 Å². The van der Waals surface area contributed by atoms with Crippen molar-refractivity contribution in [3.8, 4) is 0 Å². The number of carbonyl (C=O) groups is 3. The molecule has 1 N–H and O–H groups in total. The highest BCUT2D eigenvalue weighted by Gasteiger charge is 2.66. The van der Waals surface area contributed by atoms with Gasteiger partial charge in [-0.1, -0.05) is 29.7 Å². The molecule has 0 atom stereocenters. The highest BCUT2D eigenvalue weighted by atomic mass is 16.7. The van der Waals surface area contributed by atoms with Gasteiger partial charge in [-0.2, -0.15) is 0 Å². The summed E-state index contributed by atoms with van der Waals surface area (Å²) < 4.78 is 10.7. The molecule has 2 fully saturated rings. The molecule has 3 rings (SSSR count). The maximum Gasteiger partial charge on any atom is 0.614 e. The number of carboxylic acid groups (broad SMARTS) is 1. The van der Waals surface area contributed by atoms with E-state index in [1.165, 1.54) is 24.3 Å². The number of benzene rings is 1. The Morgan fingerprint density at radius 2 is 1.65 bits per heavy atom. The zero-order valence-electron chi connectivity index (χ0n) is 10.7. The van der Waals surface area contributed by atoms with E-state index in [9.17, 15) is 14.4 Å². The lowest BCUT2D eigenvalue weighted by Gasteiger charge is -2.39. The summed E-state index contributed by atoms with van der Waals surface area (Å²) in [5.41, 5.74) is 0.623. The van der Waals surface area contributed by atoms with Crippen molar-refractivity contribution in [2.24, 2.45) is 0 Å². The smallest absolute Gasteiger partial charge is 0.596 e. The number of hydrogen-bond donors (Lipinski definition) is 1. The van der Waals surface area contributed by atoms with E-state index in [4.69, 9.17) is 14.4 Å². The average Bonchev–Trinajstić information content (AvgIpc) is 2.73. The number of quaternary nitrogens is 1. The number of aromatic carboxylic acids is 1. The number of rotatable bonds is 2. The van der Waals surface area contributed by atoms with Gasteiger partial charge in [-0.05, 0) is 0 Å². The van der Waals surface area contributed by atoms with Crippen molar-refractivity contribution in [1.29, 1.82) is 0 Å². The average molecular weight is 277 g/mol. The minimum absolute atomic E-state index is 0.0457. The van der Waals surface area contributed by atoms with Crippen molar-refractivity contribution in [3.63, 3.8) is 0 Å². The highest BCUT2D eigenvalue weighted by molar-refractivity contribution is 6.79. The molecule has 104 valence electrons. The van der Waals surface area contributed by atoms with Crippen molar-refractivity contribution in [2.75, 3.05) is 20.1 Å². The second-order valence-electron chi connectivity index (χ2n) is 5.37. The van der Waals surface area contributed by atoms with Crippen LogP contribution >= 0.6 is 0 Å². The fourth-order valence-corrected chi connectivity index (χ4v) is 2.96. The number of carbonyl (C=O) groups excluding carboxylic acids is 2. The maximum absolute atomic E-state index is 11.6. The molecular formula is C12H12BNO6. The molecule has 0 amide bonds. The van der Waals surface area contributed by atoms with E-state index in [-0.39, 0.29) is 23.0 Å². The molecule has 0 unspecified atom stereocenters. The molecule has 0 radical (unpaired) electrons. The first-order valence-electron chi connectivity index (χ1n) is 6.12. The molecular weight excluding hydrogens is 265 g/mol. The minimum atomic E-state index is -2.28. The molecule has 0 saturated carbocycles. The van der Waals surface area contributed by atoms with E-state index < -0.39 is 24.6 Å². The summed E-state index contributed by atoms with van der Waals surface area (Å²) in [6, 6.07) is 5.85. The van der Waals surface area contributed by atoms with Gasteiger partial charge in [0.1, 0.15) is 13.1 Å². The molecule has 0 bridgehead atoms. The largest absolute Gasteiger partial charge is 0.614 e. The third kappa shape index (κ3) is 1.54. The topological polar surface area (TPSA) is 89.9 Å². The van der Waals surface area contributed by atoms with Gasteiger partial charge in [-0.15, -0.1) is 0 Å². The van der Waals surface area contributed by atoms with Crippen molar-refractivity contribution in [3.05, 3.63) is 29.8 Å². The van der Waals surface area contributed by atoms with Crippen LogP contribution in [0, 0.1) is 0 Å². The Bertz CT molecular complexity index is 605. The van der Waals surface area contributed by atoms with Crippen LogP contribution in [0.3, 0.4) is 0 Å². The SMILES string of the molecule is C[N+]12CC(=O)O[B-]1(c1ccc(C(=O)O)cc1)OC(=O)C2. The van der Waals surface area contributed by atoms with Gasteiger partial charge in [0.25, 0.3) is 0 Å². The molecule has 8 heteroatoms. The molecule has 0 aromatic heterocycles. The van der Waals surface area contributed by atoms with Gasteiger partial charge < -0.3 is 18.8 Å². The molecule has 0 aliphatic carbocycles. The standard InChI is InChI=1S/C12H12BNO6/c1-14-6-10(15)19-13(14,20-11(16)7-14)9-4-2-8(3-5-9)12(17)18/h2-5H,6-7H2,1H3,(H,17,18). The van der Waals surface area contributed by atoms with Gasteiger partial charge in [-0.3, -0.25) is 9.59 Å². The van der Waals surface area contributed by atoms with E-state index >= 15 is 0 Å². The molecule has 2 saturated heterocycles. The summed E-state index contributed by atoms with van der Waals surface area (Å²) in [6.07, 6.45) is 0. The molecule has 1 aromatic carbocycles.